The first-order valence-corrected chi connectivity index (χ1v) is 11.1. The fourth-order valence-electron chi connectivity index (χ4n) is 3.38. The average Bonchev–Trinajstić information content (AvgIpc) is 3.34. The minimum Gasteiger partial charge on any atom is -0.493 e. The molecule has 31 heavy (non-hydrogen) atoms. The summed E-state index contributed by atoms with van der Waals surface area (Å²) in [6, 6.07) is 15.1. The van der Waals surface area contributed by atoms with Crippen molar-refractivity contribution in [3.63, 3.8) is 0 Å². The highest BCUT2D eigenvalue weighted by molar-refractivity contribution is 7.09. The molecule has 1 aliphatic rings. The summed E-state index contributed by atoms with van der Waals surface area (Å²) in [4.78, 5) is 16.0. The van der Waals surface area contributed by atoms with Gasteiger partial charge in [-0.15, -0.1) is 11.3 Å². The van der Waals surface area contributed by atoms with Crippen molar-refractivity contribution in [2.24, 2.45) is 0 Å². The second kappa shape index (κ2) is 9.75. The first-order chi connectivity index (χ1) is 15.2. The summed E-state index contributed by atoms with van der Waals surface area (Å²) < 4.78 is 22.6. The number of hydrogen-bond donors (Lipinski definition) is 0. The standard InChI is InChI=1S/C24H25NO5S/c1-3-25(24(26)18-7-9-21-23(14-18)29-11-10-28-21)15-17-6-8-20(22(13-17)27-2)30-16-19-5-4-12-31-19/h4-9,12-14H,3,10-11,15-16H2,1-2H3. The van der Waals surface area contributed by atoms with Gasteiger partial charge in [-0.2, -0.15) is 0 Å². The lowest BCUT2D eigenvalue weighted by atomic mass is 10.1. The molecular formula is C24H25NO5S. The van der Waals surface area contributed by atoms with Crippen molar-refractivity contribution in [3.8, 4) is 23.0 Å². The van der Waals surface area contributed by atoms with Crippen molar-refractivity contribution in [2.75, 3.05) is 26.9 Å². The second-order valence-electron chi connectivity index (χ2n) is 7.03. The Morgan fingerprint density at radius 2 is 1.90 bits per heavy atom. The monoisotopic (exact) mass is 439 g/mol. The van der Waals surface area contributed by atoms with Gasteiger partial charge in [0.2, 0.25) is 0 Å². The topological polar surface area (TPSA) is 57.2 Å². The van der Waals surface area contributed by atoms with E-state index < -0.39 is 0 Å². The van der Waals surface area contributed by atoms with Crippen LogP contribution in [0.3, 0.4) is 0 Å². The molecule has 6 nitrogen and oxygen atoms in total. The summed E-state index contributed by atoms with van der Waals surface area (Å²) in [5.74, 6) is 2.56. The van der Waals surface area contributed by atoms with Crippen molar-refractivity contribution in [1.29, 1.82) is 0 Å². The summed E-state index contributed by atoms with van der Waals surface area (Å²) in [7, 11) is 1.62. The third kappa shape index (κ3) is 4.94. The van der Waals surface area contributed by atoms with Crippen molar-refractivity contribution in [2.45, 2.75) is 20.1 Å². The van der Waals surface area contributed by atoms with Crippen LogP contribution in [0.1, 0.15) is 27.7 Å². The van der Waals surface area contributed by atoms with Gasteiger partial charge in [-0.05, 0) is 54.3 Å². The van der Waals surface area contributed by atoms with Gasteiger partial charge in [0.15, 0.2) is 23.0 Å². The van der Waals surface area contributed by atoms with Crippen molar-refractivity contribution >= 4 is 17.2 Å². The number of nitrogens with zero attached hydrogens (tertiary/aromatic N) is 1. The lowest BCUT2D eigenvalue weighted by Gasteiger charge is -2.23. The van der Waals surface area contributed by atoms with Crippen molar-refractivity contribution < 1.29 is 23.7 Å². The lowest BCUT2D eigenvalue weighted by molar-refractivity contribution is 0.0751. The molecule has 0 spiro atoms. The van der Waals surface area contributed by atoms with Crippen LogP contribution < -0.4 is 18.9 Å². The smallest absolute Gasteiger partial charge is 0.254 e. The van der Waals surface area contributed by atoms with Crippen LogP contribution >= 0.6 is 11.3 Å². The van der Waals surface area contributed by atoms with Gasteiger partial charge in [0, 0.05) is 23.5 Å². The molecule has 0 fully saturated rings. The Labute approximate surface area is 185 Å². The Morgan fingerprint density at radius 3 is 2.65 bits per heavy atom. The fourth-order valence-corrected chi connectivity index (χ4v) is 4.00. The minimum absolute atomic E-state index is 0.0588. The molecule has 4 rings (SSSR count). The Morgan fingerprint density at radius 1 is 1.06 bits per heavy atom. The van der Waals surface area contributed by atoms with Gasteiger partial charge in [-0.25, -0.2) is 0 Å². The van der Waals surface area contributed by atoms with Gasteiger partial charge >= 0.3 is 0 Å². The maximum atomic E-state index is 13.1. The predicted molar refractivity (Wildman–Crippen MR) is 119 cm³/mol. The van der Waals surface area contributed by atoms with Crippen LogP contribution in [0, 0.1) is 0 Å². The number of ether oxygens (including phenoxy) is 4. The van der Waals surface area contributed by atoms with Gasteiger partial charge in [0.05, 0.1) is 7.11 Å². The molecule has 0 radical (unpaired) electrons. The largest absolute Gasteiger partial charge is 0.493 e. The molecule has 162 valence electrons. The van der Waals surface area contributed by atoms with Crippen LogP contribution in [0.4, 0.5) is 0 Å². The summed E-state index contributed by atoms with van der Waals surface area (Å²) in [6.07, 6.45) is 0. The van der Waals surface area contributed by atoms with E-state index in [1.165, 1.54) is 0 Å². The number of rotatable bonds is 8. The second-order valence-corrected chi connectivity index (χ2v) is 8.06. The molecule has 1 aliphatic heterocycles. The molecule has 0 unspecified atom stereocenters. The van der Waals surface area contributed by atoms with Gasteiger partial charge in [0.25, 0.3) is 5.91 Å². The molecule has 0 saturated heterocycles. The minimum atomic E-state index is -0.0588. The van der Waals surface area contributed by atoms with Crippen LogP contribution in [0.15, 0.2) is 53.9 Å². The van der Waals surface area contributed by atoms with E-state index >= 15 is 0 Å². The number of carbonyl (C=O) groups excluding carboxylic acids is 1. The highest BCUT2D eigenvalue weighted by Crippen LogP contribution is 2.32. The molecular weight excluding hydrogens is 414 g/mol. The maximum absolute atomic E-state index is 13.1. The van der Waals surface area contributed by atoms with Gasteiger partial charge in [-0.3, -0.25) is 4.79 Å². The molecule has 0 bridgehead atoms. The zero-order valence-corrected chi connectivity index (χ0v) is 18.4. The first-order valence-electron chi connectivity index (χ1n) is 10.2. The predicted octanol–water partition coefficient (Wildman–Crippen LogP) is 4.77. The van der Waals surface area contributed by atoms with Crippen LogP contribution in [0.5, 0.6) is 23.0 Å². The Balaban J connectivity index is 1.46. The highest BCUT2D eigenvalue weighted by atomic mass is 32.1. The van der Waals surface area contributed by atoms with Gasteiger partial charge in [0.1, 0.15) is 19.8 Å². The number of carbonyl (C=O) groups is 1. The van der Waals surface area contributed by atoms with Crippen molar-refractivity contribution in [1.82, 2.24) is 4.90 Å². The Hall–Kier alpha value is -3.19. The molecule has 2 heterocycles. The average molecular weight is 440 g/mol. The van der Waals surface area contributed by atoms with Crippen LogP contribution in [-0.2, 0) is 13.2 Å². The molecule has 0 aliphatic carbocycles. The van der Waals surface area contributed by atoms with Crippen molar-refractivity contribution in [3.05, 3.63) is 69.9 Å². The first kappa shape index (κ1) is 21.1. The van der Waals surface area contributed by atoms with E-state index in [0.717, 1.165) is 10.4 Å². The van der Waals surface area contributed by atoms with E-state index in [0.29, 0.717) is 61.5 Å². The SMILES string of the molecule is CCN(Cc1ccc(OCc2cccs2)c(OC)c1)C(=O)c1ccc2c(c1)OCCO2. The van der Waals surface area contributed by atoms with Crippen LogP contribution in [0.25, 0.3) is 0 Å². The van der Waals surface area contributed by atoms with Crippen LogP contribution in [0.2, 0.25) is 0 Å². The fraction of sp³-hybridized carbons (Fsp3) is 0.292. The number of fused-ring (bicyclic) bond motifs is 1. The molecule has 0 atom stereocenters. The summed E-state index contributed by atoms with van der Waals surface area (Å²) >= 11 is 1.65. The number of amides is 1. The molecule has 1 amide bonds. The summed E-state index contributed by atoms with van der Waals surface area (Å²) in [5.41, 5.74) is 1.54. The summed E-state index contributed by atoms with van der Waals surface area (Å²) in [6.45, 7) is 4.51. The molecule has 1 aromatic heterocycles. The quantitative estimate of drug-likeness (QED) is 0.506. The molecule has 3 aromatic rings. The summed E-state index contributed by atoms with van der Waals surface area (Å²) in [5, 5.41) is 2.02. The molecule has 0 N–H and O–H groups in total. The molecule has 2 aromatic carbocycles. The van der Waals surface area contributed by atoms with Gasteiger partial charge < -0.3 is 23.8 Å². The number of thiophene rings is 1. The zero-order valence-electron chi connectivity index (χ0n) is 17.6. The number of hydrogen-bond acceptors (Lipinski definition) is 6. The van der Waals surface area contributed by atoms with E-state index in [-0.39, 0.29) is 5.91 Å². The van der Waals surface area contributed by atoms with E-state index in [1.807, 2.05) is 42.6 Å². The lowest BCUT2D eigenvalue weighted by Crippen LogP contribution is -2.30. The number of methoxy groups -OCH3 is 1. The Bertz CT molecular complexity index is 1030. The van der Waals surface area contributed by atoms with E-state index in [9.17, 15) is 4.79 Å². The highest BCUT2D eigenvalue weighted by Gasteiger charge is 2.19. The van der Waals surface area contributed by atoms with E-state index in [2.05, 4.69) is 0 Å². The zero-order chi connectivity index (χ0) is 21.6. The normalized spacial score (nSPS) is 12.3. The van der Waals surface area contributed by atoms with E-state index in [4.69, 9.17) is 18.9 Å². The molecule has 7 heteroatoms. The van der Waals surface area contributed by atoms with Crippen LogP contribution in [-0.4, -0.2) is 37.7 Å². The van der Waals surface area contributed by atoms with Gasteiger partial charge in [-0.1, -0.05) is 12.1 Å². The Kier molecular flexibility index (Phi) is 6.62. The number of benzene rings is 2. The van der Waals surface area contributed by atoms with E-state index in [1.54, 1.807) is 41.5 Å². The molecule has 0 saturated carbocycles. The third-order valence-electron chi connectivity index (χ3n) is 5.01. The third-order valence-corrected chi connectivity index (χ3v) is 5.86. The maximum Gasteiger partial charge on any atom is 0.254 e.